The second-order valence-corrected chi connectivity index (χ2v) is 7.48. The Hall–Kier alpha value is -1.76. The predicted octanol–water partition coefficient (Wildman–Crippen LogP) is 3.65. The number of nitrogens with zero attached hydrogens (tertiary/aromatic N) is 3. The van der Waals surface area contributed by atoms with Crippen LogP contribution in [0, 0.1) is 0 Å². The molecule has 0 aliphatic carbocycles. The molecule has 0 radical (unpaired) electrons. The van der Waals surface area contributed by atoms with Crippen LogP contribution in [-0.2, 0) is 4.74 Å². The fourth-order valence-corrected chi connectivity index (χ4v) is 2.78. The van der Waals surface area contributed by atoms with Gasteiger partial charge in [-0.2, -0.15) is 4.98 Å². The Labute approximate surface area is 143 Å². The molecule has 0 atom stereocenters. The molecule has 0 unspecified atom stereocenters. The number of oxazole rings is 1. The number of aromatic nitrogens is 1. The number of halogens is 1. The topological polar surface area (TPSA) is 58.8 Å². The van der Waals surface area contributed by atoms with Crippen molar-refractivity contribution in [3.8, 4) is 0 Å². The molecular formula is C16H20BrN3O3. The lowest BCUT2D eigenvalue weighted by Gasteiger charge is -2.34. The van der Waals surface area contributed by atoms with Gasteiger partial charge in [0.1, 0.15) is 11.1 Å². The standard InChI is InChI=1S/C16H20BrN3O3/c1-16(2,3)23-15(21)20-8-6-19(7-9-20)14-18-12-10-11(17)4-5-13(12)22-14/h4-5,10H,6-9H2,1-3H3. The van der Waals surface area contributed by atoms with Crippen LogP contribution in [0.5, 0.6) is 0 Å². The molecule has 2 heterocycles. The fourth-order valence-electron chi connectivity index (χ4n) is 2.43. The summed E-state index contributed by atoms with van der Waals surface area (Å²) in [7, 11) is 0. The fraction of sp³-hybridized carbons (Fsp3) is 0.500. The quantitative estimate of drug-likeness (QED) is 0.754. The first-order valence-corrected chi connectivity index (χ1v) is 8.40. The summed E-state index contributed by atoms with van der Waals surface area (Å²) in [6, 6.07) is 6.35. The van der Waals surface area contributed by atoms with Crippen molar-refractivity contribution in [1.29, 1.82) is 0 Å². The number of carbonyl (C=O) groups excluding carboxylic acids is 1. The third kappa shape index (κ3) is 3.77. The van der Waals surface area contributed by atoms with E-state index in [4.69, 9.17) is 9.15 Å². The third-order valence-corrected chi connectivity index (χ3v) is 4.03. The molecule has 1 aliphatic rings. The maximum Gasteiger partial charge on any atom is 0.410 e. The van der Waals surface area contributed by atoms with E-state index in [9.17, 15) is 4.79 Å². The summed E-state index contributed by atoms with van der Waals surface area (Å²) in [6.07, 6.45) is -0.265. The van der Waals surface area contributed by atoms with Gasteiger partial charge >= 0.3 is 6.09 Å². The Morgan fingerprint density at radius 3 is 2.61 bits per heavy atom. The van der Waals surface area contributed by atoms with Crippen molar-refractivity contribution in [1.82, 2.24) is 9.88 Å². The Morgan fingerprint density at radius 1 is 1.26 bits per heavy atom. The summed E-state index contributed by atoms with van der Waals surface area (Å²) >= 11 is 3.43. The highest BCUT2D eigenvalue weighted by atomic mass is 79.9. The number of rotatable bonds is 1. The van der Waals surface area contributed by atoms with Gasteiger partial charge in [0.2, 0.25) is 0 Å². The highest BCUT2D eigenvalue weighted by Crippen LogP contribution is 2.25. The smallest absolute Gasteiger partial charge is 0.410 e. The summed E-state index contributed by atoms with van der Waals surface area (Å²) in [4.78, 5) is 20.4. The van der Waals surface area contributed by atoms with Gasteiger partial charge < -0.3 is 19.0 Å². The molecule has 2 aromatic rings. The first-order chi connectivity index (χ1) is 10.8. The van der Waals surface area contributed by atoms with Crippen molar-refractivity contribution in [3.63, 3.8) is 0 Å². The first-order valence-electron chi connectivity index (χ1n) is 7.61. The number of hydrogen-bond donors (Lipinski definition) is 0. The van der Waals surface area contributed by atoms with E-state index in [1.54, 1.807) is 4.90 Å². The Bertz CT molecular complexity index is 715. The number of anilines is 1. The normalized spacial score (nSPS) is 16.0. The highest BCUT2D eigenvalue weighted by Gasteiger charge is 2.27. The van der Waals surface area contributed by atoms with E-state index in [-0.39, 0.29) is 6.09 Å². The van der Waals surface area contributed by atoms with Gasteiger partial charge in [-0.05, 0) is 39.0 Å². The molecule has 0 spiro atoms. The van der Waals surface area contributed by atoms with E-state index in [0.29, 0.717) is 32.2 Å². The molecule has 1 amide bonds. The average molecular weight is 382 g/mol. The summed E-state index contributed by atoms with van der Waals surface area (Å²) in [5.74, 6) is 0. The zero-order chi connectivity index (χ0) is 16.6. The van der Waals surface area contributed by atoms with Crippen molar-refractivity contribution in [2.75, 3.05) is 31.1 Å². The molecule has 7 heteroatoms. The van der Waals surface area contributed by atoms with E-state index in [1.807, 2.05) is 39.0 Å². The number of ether oxygens (including phenoxy) is 1. The number of carbonyl (C=O) groups is 1. The maximum atomic E-state index is 12.1. The van der Waals surface area contributed by atoms with Gasteiger partial charge in [0.05, 0.1) is 0 Å². The second-order valence-electron chi connectivity index (χ2n) is 6.56. The lowest BCUT2D eigenvalue weighted by atomic mass is 10.2. The molecule has 3 rings (SSSR count). The van der Waals surface area contributed by atoms with E-state index in [2.05, 4.69) is 25.8 Å². The Balaban J connectivity index is 1.65. The zero-order valence-electron chi connectivity index (χ0n) is 13.5. The predicted molar refractivity (Wildman–Crippen MR) is 91.7 cm³/mol. The van der Waals surface area contributed by atoms with Crippen molar-refractivity contribution in [2.24, 2.45) is 0 Å². The van der Waals surface area contributed by atoms with Crippen LogP contribution in [0.3, 0.4) is 0 Å². The van der Waals surface area contributed by atoms with Crippen molar-refractivity contribution >= 4 is 39.1 Å². The maximum absolute atomic E-state index is 12.1. The molecule has 1 aliphatic heterocycles. The minimum Gasteiger partial charge on any atom is -0.444 e. The third-order valence-electron chi connectivity index (χ3n) is 3.54. The highest BCUT2D eigenvalue weighted by molar-refractivity contribution is 9.10. The van der Waals surface area contributed by atoms with Crippen LogP contribution in [-0.4, -0.2) is 47.8 Å². The lowest BCUT2D eigenvalue weighted by molar-refractivity contribution is 0.0239. The molecule has 6 nitrogen and oxygen atoms in total. The zero-order valence-corrected chi connectivity index (χ0v) is 15.1. The Morgan fingerprint density at radius 2 is 1.96 bits per heavy atom. The van der Waals surface area contributed by atoms with E-state index in [1.165, 1.54) is 0 Å². The van der Waals surface area contributed by atoms with E-state index >= 15 is 0 Å². The summed E-state index contributed by atoms with van der Waals surface area (Å²) in [5, 5.41) is 0. The van der Waals surface area contributed by atoms with E-state index < -0.39 is 5.60 Å². The van der Waals surface area contributed by atoms with Crippen molar-refractivity contribution in [3.05, 3.63) is 22.7 Å². The van der Waals surface area contributed by atoms with Gasteiger partial charge in [0.15, 0.2) is 5.58 Å². The molecule has 124 valence electrons. The number of amides is 1. The molecule has 23 heavy (non-hydrogen) atoms. The average Bonchev–Trinajstić information content (AvgIpc) is 2.88. The van der Waals surface area contributed by atoms with Gasteiger partial charge in [-0.3, -0.25) is 0 Å². The second kappa shape index (κ2) is 6.03. The van der Waals surface area contributed by atoms with Gasteiger partial charge in [-0.1, -0.05) is 15.9 Å². The molecule has 0 saturated carbocycles. The molecular weight excluding hydrogens is 362 g/mol. The number of hydrogen-bond acceptors (Lipinski definition) is 5. The largest absolute Gasteiger partial charge is 0.444 e. The van der Waals surface area contributed by atoms with Gasteiger partial charge in [-0.15, -0.1) is 0 Å². The number of piperazine rings is 1. The lowest BCUT2D eigenvalue weighted by Crippen LogP contribution is -2.50. The molecule has 1 aromatic carbocycles. The summed E-state index contributed by atoms with van der Waals surface area (Å²) in [6.45, 7) is 8.15. The van der Waals surface area contributed by atoms with Crippen LogP contribution in [0.4, 0.5) is 10.8 Å². The van der Waals surface area contributed by atoms with Gasteiger partial charge in [-0.25, -0.2) is 4.79 Å². The molecule has 0 N–H and O–H groups in total. The van der Waals surface area contributed by atoms with Gasteiger partial charge in [0.25, 0.3) is 6.01 Å². The SMILES string of the molecule is CC(C)(C)OC(=O)N1CCN(c2nc3cc(Br)ccc3o2)CC1. The minimum atomic E-state index is -0.470. The molecule has 0 bridgehead atoms. The molecule has 1 saturated heterocycles. The van der Waals surface area contributed by atoms with Crippen molar-refractivity contribution < 1.29 is 13.9 Å². The summed E-state index contributed by atoms with van der Waals surface area (Å²) < 4.78 is 12.2. The number of benzene rings is 1. The monoisotopic (exact) mass is 381 g/mol. The van der Waals surface area contributed by atoms with Crippen LogP contribution in [0.15, 0.2) is 27.1 Å². The van der Waals surface area contributed by atoms with Crippen molar-refractivity contribution in [2.45, 2.75) is 26.4 Å². The summed E-state index contributed by atoms with van der Waals surface area (Å²) in [5.41, 5.74) is 1.11. The van der Waals surface area contributed by atoms with Crippen LogP contribution in [0.25, 0.3) is 11.1 Å². The van der Waals surface area contributed by atoms with Crippen LogP contribution < -0.4 is 4.90 Å². The van der Waals surface area contributed by atoms with E-state index in [0.717, 1.165) is 15.6 Å². The molecule has 1 aromatic heterocycles. The van der Waals surface area contributed by atoms with Gasteiger partial charge in [0, 0.05) is 30.7 Å². The van der Waals surface area contributed by atoms with Crippen LogP contribution in [0.1, 0.15) is 20.8 Å². The van der Waals surface area contributed by atoms with Crippen LogP contribution in [0.2, 0.25) is 0 Å². The molecule has 1 fully saturated rings. The van der Waals surface area contributed by atoms with Crippen LogP contribution >= 0.6 is 15.9 Å². The number of fused-ring (bicyclic) bond motifs is 1. The first kappa shape index (κ1) is 16.1. The Kier molecular flexibility index (Phi) is 4.23. The minimum absolute atomic E-state index is 0.265.